The molecular weight excluding hydrogens is 296 g/mol. The molecule has 3 rings (SSSR count). The summed E-state index contributed by atoms with van der Waals surface area (Å²) in [5.41, 5.74) is 0. The van der Waals surface area contributed by atoms with Crippen molar-refractivity contribution in [3.63, 3.8) is 0 Å². The minimum Gasteiger partial charge on any atom is -0.343 e. The fourth-order valence-corrected chi connectivity index (χ4v) is 4.76. The van der Waals surface area contributed by atoms with Gasteiger partial charge in [-0.3, -0.25) is 4.79 Å². The Hall–Kier alpha value is -0.280. The Morgan fingerprint density at radius 3 is 2.41 bits per heavy atom. The number of nitrogens with zero attached hydrogens (tertiary/aromatic N) is 1. The van der Waals surface area contributed by atoms with Crippen molar-refractivity contribution in [2.45, 2.75) is 77.3 Å². The van der Waals surface area contributed by atoms with E-state index in [1.54, 1.807) is 0 Å². The molecule has 3 aliphatic heterocycles. The van der Waals surface area contributed by atoms with Crippen LogP contribution in [-0.2, 0) is 4.79 Å². The molecule has 0 spiro atoms. The van der Waals surface area contributed by atoms with Gasteiger partial charge >= 0.3 is 0 Å². The zero-order valence-electron chi connectivity index (χ0n) is 14.2. The molecule has 3 saturated heterocycles. The molecule has 0 saturated carbocycles. The Morgan fingerprint density at radius 2 is 1.77 bits per heavy atom. The van der Waals surface area contributed by atoms with Gasteiger partial charge in [0, 0.05) is 31.6 Å². The number of likely N-dealkylation sites (tertiary alicyclic amines) is 1. The van der Waals surface area contributed by atoms with Crippen LogP contribution >= 0.6 is 12.4 Å². The number of hydrogen-bond acceptors (Lipinski definition) is 2. The largest absolute Gasteiger partial charge is 0.343 e. The molecule has 3 fully saturated rings. The van der Waals surface area contributed by atoms with Crippen LogP contribution in [0.5, 0.6) is 0 Å². The predicted molar refractivity (Wildman–Crippen MR) is 93.3 cm³/mol. The van der Waals surface area contributed by atoms with Crippen LogP contribution in [0.1, 0.15) is 65.2 Å². The van der Waals surface area contributed by atoms with E-state index < -0.39 is 0 Å². The molecular formula is C18H33ClN2O. The van der Waals surface area contributed by atoms with Crippen molar-refractivity contribution in [3.05, 3.63) is 0 Å². The van der Waals surface area contributed by atoms with Crippen molar-refractivity contribution in [1.29, 1.82) is 0 Å². The zero-order valence-corrected chi connectivity index (χ0v) is 15.0. The molecule has 3 nitrogen and oxygen atoms in total. The fourth-order valence-electron chi connectivity index (χ4n) is 4.76. The lowest BCUT2D eigenvalue weighted by Crippen LogP contribution is -2.40. The first-order valence-corrected chi connectivity index (χ1v) is 9.15. The first-order valence-electron chi connectivity index (χ1n) is 9.15. The number of piperidine rings is 1. The maximum Gasteiger partial charge on any atom is 0.222 e. The van der Waals surface area contributed by atoms with E-state index in [-0.39, 0.29) is 12.4 Å². The Morgan fingerprint density at radius 1 is 1.09 bits per heavy atom. The number of rotatable bonds is 3. The van der Waals surface area contributed by atoms with Gasteiger partial charge in [-0.05, 0) is 62.7 Å². The summed E-state index contributed by atoms with van der Waals surface area (Å²) in [7, 11) is 0. The summed E-state index contributed by atoms with van der Waals surface area (Å²) in [5.74, 6) is 2.66. The molecule has 22 heavy (non-hydrogen) atoms. The number of amides is 1. The van der Waals surface area contributed by atoms with Crippen LogP contribution < -0.4 is 5.32 Å². The van der Waals surface area contributed by atoms with Gasteiger partial charge in [0.1, 0.15) is 0 Å². The number of nitrogens with one attached hydrogen (secondary N) is 1. The van der Waals surface area contributed by atoms with Crippen molar-refractivity contribution in [2.75, 3.05) is 13.1 Å². The van der Waals surface area contributed by atoms with Crippen LogP contribution in [0.25, 0.3) is 0 Å². The third kappa shape index (κ3) is 4.38. The Labute approximate surface area is 142 Å². The summed E-state index contributed by atoms with van der Waals surface area (Å²) in [6.07, 6.45) is 9.63. The highest BCUT2D eigenvalue weighted by Crippen LogP contribution is 2.33. The van der Waals surface area contributed by atoms with E-state index >= 15 is 0 Å². The first kappa shape index (κ1) is 18.1. The molecule has 128 valence electrons. The van der Waals surface area contributed by atoms with Gasteiger partial charge < -0.3 is 10.2 Å². The number of carbonyl (C=O) groups is 1. The van der Waals surface area contributed by atoms with Crippen LogP contribution in [0.2, 0.25) is 0 Å². The first-order chi connectivity index (χ1) is 10.1. The minimum atomic E-state index is 0. The molecule has 0 radical (unpaired) electrons. The number of fused-ring (bicyclic) bond motifs is 2. The molecule has 3 unspecified atom stereocenters. The van der Waals surface area contributed by atoms with Crippen LogP contribution in [0, 0.1) is 17.8 Å². The van der Waals surface area contributed by atoms with Crippen LogP contribution in [0.3, 0.4) is 0 Å². The maximum atomic E-state index is 12.6. The topological polar surface area (TPSA) is 32.3 Å². The third-order valence-corrected chi connectivity index (χ3v) is 6.10. The molecule has 1 amide bonds. The standard InChI is InChI=1S/C18H32N2O.ClH/c1-13(2)15-4-3-8-20(9-7-15)18(21)12-14-10-16-5-6-17(11-14)19-16;/h13-17,19H,3-12H2,1-2H3;1H. The summed E-state index contributed by atoms with van der Waals surface area (Å²) < 4.78 is 0. The highest BCUT2D eigenvalue weighted by molar-refractivity contribution is 5.85. The monoisotopic (exact) mass is 328 g/mol. The van der Waals surface area contributed by atoms with Gasteiger partial charge in [0.05, 0.1) is 0 Å². The smallest absolute Gasteiger partial charge is 0.222 e. The highest BCUT2D eigenvalue weighted by atomic mass is 35.5. The summed E-state index contributed by atoms with van der Waals surface area (Å²) in [5, 5.41) is 3.68. The van der Waals surface area contributed by atoms with Crippen molar-refractivity contribution in [3.8, 4) is 0 Å². The average molecular weight is 329 g/mol. The van der Waals surface area contributed by atoms with E-state index in [9.17, 15) is 4.79 Å². The van der Waals surface area contributed by atoms with Gasteiger partial charge in [0.15, 0.2) is 0 Å². The lowest BCUT2D eigenvalue weighted by atomic mass is 9.89. The van der Waals surface area contributed by atoms with E-state index in [0.717, 1.165) is 31.3 Å². The van der Waals surface area contributed by atoms with Gasteiger partial charge in [0.25, 0.3) is 0 Å². The summed E-state index contributed by atoms with van der Waals surface area (Å²) in [6.45, 7) is 6.65. The molecule has 0 aromatic heterocycles. The number of halogens is 1. The Kier molecular flexibility index (Phi) is 6.58. The quantitative estimate of drug-likeness (QED) is 0.858. The normalized spacial score (nSPS) is 35.1. The van der Waals surface area contributed by atoms with Gasteiger partial charge in [-0.15, -0.1) is 12.4 Å². The summed E-state index contributed by atoms with van der Waals surface area (Å²) in [4.78, 5) is 14.8. The van der Waals surface area contributed by atoms with Gasteiger partial charge in [-0.2, -0.15) is 0 Å². The van der Waals surface area contributed by atoms with Gasteiger partial charge in [0.2, 0.25) is 5.91 Å². The second kappa shape index (κ2) is 8.01. The number of hydrogen-bond donors (Lipinski definition) is 1. The summed E-state index contributed by atoms with van der Waals surface area (Å²) in [6, 6.07) is 1.41. The lowest BCUT2D eigenvalue weighted by Gasteiger charge is -2.30. The van der Waals surface area contributed by atoms with E-state index in [1.165, 1.54) is 44.9 Å². The Bertz CT molecular complexity index is 362. The summed E-state index contributed by atoms with van der Waals surface area (Å²) >= 11 is 0. The van der Waals surface area contributed by atoms with Crippen molar-refractivity contribution >= 4 is 18.3 Å². The lowest BCUT2D eigenvalue weighted by molar-refractivity contribution is -0.132. The third-order valence-electron chi connectivity index (χ3n) is 6.10. The second-order valence-electron chi connectivity index (χ2n) is 8.00. The molecule has 2 bridgehead atoms. The van der Waals surface area contributed by atoms with Gasteiger partial charge in [-0.25, -0.2) is 0 Å². The molecule has 0 aromatic rings. The average Bonchev–Trinajstić information content (AvgIpc) is 2.67. The van der Waals surface area contributed by atoms with Crippen LogP contribution in [0.15, 0.2) is 0 Å². The van der Waals surface area contributed by atoms with Gasteiger partial charge in [-0.1, -0.05) is 13.8 Å². The van der Waals surface area contributed by atoms with Crippen molar-refractivity contribution in [2.24, 2.45) is 17.8 Å². The van der Waals surface area contributed by atoms with Crippen molar-refractivity contribution in [1.82, 2.24) is 10.2 Å². The predicted octanol–water partition coefficient (Wildman–Crippen LogP) is 3.61. The minimum absolute atomic E-state index is 0. The molecule has 4 heteroatoms. The van der Waals surface area contributed by atoms with Crippen LogP contribution in [0.4, 0.5) is 0 Å². The van der Waals surface area contributed by atoms with E-state index in [4.69, 9.17) is 0 Å². The SMILES string of the molecule is CC(C)C1CCCN(C(=O)CC2CC3CCC(C2)N3)CC1.Cl. The molecule has 3 heterocycles. The number of carbonyl (C=O) groups excluding carboxylic acids is 1. The van der Waals surface area contributed by atoms with E-state index in [2.05, 4.69) is 24.1 Å². The zero-order chi connectivity index (χ0) is 14.8. The van der Waals surface area contributed by atoms with Crippen LogP contribution in [-0.4, -0.2) is 36.0 Å². The molecule has 3 atom stereocenters. The molecule has 0 aromatic carbocycles. The molecule has 0 aliphatic carbocycles. The second-order valence-corrected chi connectivity index (χ2v) is 8.00. The fraction of sp³-hybridized carbons (Fsp3) is 0.944. The maximum absolute atomic E-state index is 12.6. The van der Waals surface area contributed by atoms with E-state index in [0.29, 0.717) is 23.9 Å². The van der Waals surface area contributed by atoms with E-state index in [1.807, 2.05) is 0 Å². The molecule has 3 aliphatic rings. The highest BCUT2D eigenvalue weighted by Gasteiger charge is 2.35. The Balaban J connectivity index is 0.00000176. The van der Waals surface area contributed by atoms with Crippen molar-refractivity contribution < 1.29 is 4.79 Å². The molecule has 1 N–H and O–H groups in total.